The highest BCUT2D eigenvalue weighted by atomic mass is 19.1. The molecule has 20 heavy (non-hydrogen) atoms. The SMILES string of the molecule is N/C(=N/O)c1ccc(OCCc2ccncc2)c(F)c1. The lowest BCUT2D eigenvalue weighted by molar-refractivity contribution is 0.305. The predicted octanol–water partition coefficient (Wildman–Crippen LogP) is 1.94. The van der Waals surface area contributed by atoms with Crippen LogP contribution < -0.4 is 10.5 Å². The molecule has 3 N–H and O–H groups in total. The molecule has 0 fully saturated rings. The average molecular weight is 275 g/mol. The third-order valence-electron chi connectivity index (χ3n) is 2.73. The Balaban J connectivity index is 1.97. The van der Waals surface area contributed by atoms with E-state index in [4.69, 9.17) is 15.7 Å². The minimum atomic E-state index is -0.552. The van der Waals surface area contributed by atoms with Gasteiger partial charge in [-0.1, -0.05) is 5.16 Å². The van der Waals surface area contributed by atoms with Gasteiger partial charge in [0.2, 0.25) is 0 Å². The van der Waals surface area contributed by atoms with E-state index >= 15 is 0 Å². The van der Waals surface area contributed by atoms with Crippen LogP contribution in [0.25, 0.3) is 0 Å². The quantitative estimate of drug-likeness (QED) is 0.378. The molecule has 1 heterocycles. The predicted molar refractivity (Wildman–Crippen MR) is 72.3 cm³/mol. The number of pyridine rings is 1. The van der Waals surface area contributed by atoms with Gasteiger partial charge in [0.15, 0.2) is 17.4 Å². The Labute approximate surface area is 115 Å². The lowest BCUT2D eigenvalue weighted by Crippen LogP contribution is -2.13. The summed E-state index contributed by atoms with van der Waals surface area (Å²) in [6, 6.07) is 7.90. The average Bonchev–Trinajstić information content (AvgIpc) is 2.49. The minimum absolute atomic E-state index is 0.133. The van der Waals surface area contributed by atoms with Crippen molar-refractivity contribution in [2.24, 2.45) is 10.9 Å². The van der Waals surface area contributed by atoms with Crippen LogP contribution in [0, 0.1) is 5.82 Å². The fraction of sp³-hybridized carbons (Fsp3) is 0.143. The minimum Gasteiger partial charge on any atom is -0.490 e. The van der Waals surface area contributed by atoms with Gasteiger partial charge in [0.05, 0.1) is 6.61 Å². The van der Waals surface area contributed by atoms with Gasteiger partial charge in [-0.15, -0.1) is 0 Å². The van der Waals surface area contributed by atoms with Crippen molar-refractivity contribution in [3.63, 3.8) is 0 Å². The van der Waals surface area contributed by atoms with Crippen LogP contribution in [0.3, 0.4) is 0 Å². The maximum Gasteiger partial charge on any atom is 0.170 e. The first-order valence-corrected chi connectivity index (χ1v) is 6.00. The van der Waals surface area contributed by atoms with Gasteiger partial charge in [0.1, 0.15) is 0 Å². The molecule has 5 nitrogen and oxygen atoms in total. The van der Waals surface area contributed by atoms with Crippen LogP contribution >= 0.6 is 0 Å². The van der Waals surface area contributed by atoms with Gasteiger partial charge in [-0.05, 0) is 35.9 Å². The number of rotatable bonds is 5. The zero-order chi connectivity index (χ0) is 14.4. The summed E-state index contributed by atoms with van der Waals surface area (Å²) in [5.41, 5.74) is 6.74. The second-order valence-electron chi connectivity index (χ2n) is 4.08. The Kier molecular flexibility index (Phi) is 4.49. The van der Waals surface area contributed by atoms with E-state index in [1.54, 1.807) is 12.4 Å². The third-order valence-corrected chi connectivity index (χ3v) is 2.73. The standard InChI is InChI=1S/C14H14FN3O2/c15-12-9-11(14(16)18-19)1-2-13(12)20-8-5-10-3-6-17-7-4-10/h1-4,6-7,9,19H,5,8H2,(H2,16,18). The molecule has 0 bridgehead atoms. The van der Waals surface area contributed by atoms with Crippen LogP contribution in [0.15, 0.2) is 47.9 Å². The highest BCUT2D eigenvalue weighted by Crippen LogP contribution is 2.18. The number of hydrogen-bond acceptors (Lipinski definition) is 4. The normalized spacial score (nSPS) is 11.3. The summed E-state index contributed by atoms with van der Waals surface area (Å²) in [6.45, 7) is 0.351. The summed E-state index contributed by atoms with van der Waals surface area (Å²) >= 11 is 0. The van der Waals surface area contributed by atoms with Crippen LogP contribution in [0.5, 0.6) is 5.75 Å². The summed E-state index contributed by atoms with van der Waals surface area (Å²) in [4.78, 5) is 3.92. The first-order valence-electron chi connectivity index (χ1n) is 6.00. The molecule has 0 aliphatic rings. The number of amidine groups is 1. The van der Waals surface area contributed by atoms with Gasteiger partial charge in [-0.3, -0.25) is 4.98 Å². The van der Waals surface area contributed by atoms with E-state index in [0.717, 1.165) is 11.6 Å². The molecular weight excluding hydrogens is 261 g/mol. The van der Waals surface area contributed by atoms with Crippen LogP contribution in [0.2, 0.25) is 0 Å². The maximum absolute atomic E-state index is 13.7. The molecule has 0 spiro atoms. The molecule has 0 saturated carbocycles. The number of benzene rings is 1. The van der Waals surface area contributed by atoms with Gasteiger partial charge in [0, 0.05) is 24.4 Å². The van der Waals surface area contributed by atoms with E-state index in [9.17, 15) is 4.39 Å². The van der Waals surface area contributed by atoms with Crippen molar-refractivity contribution in [3.8, 4) is 5.75 Å². The molecule has 2 rings (SSSR count). The molecule has 2 aromatic rings. The second kappa shape index (κ2) is 6.51. The number of nitrogens with zero attached hydrogens (tertiary/aromatic N) is 2. The van der Waals surface area contributed by atoms with E-state index in [1.165, 1.54) is 12.1 Å². The van der Waals surface area contributed by atoms with Crippen LogP contribution in [0.1, 0.15) is 11.1 Å². The topological polar surface area (TPSA) is 80.7 Å². The number of nitrogens with two attached hydrogens (primary N) is 1. The summed E-state index contributed by atoms with van der Waals surface area (Å²) in [7, 11) is 0. The molecule has 0 aliphatic heterocycles. The Bertz CT molecular complexity index is 603. The van der Waals surface area contributed by atoms with Crippen molar-refractivity contribution in [2.45, 2.75) is 6.42 Å². The van der Waals surface area contributed by atoms with Gasteiger partial charge in [0.25, 0.3) is 0 Å². The van der Waals surface area contributed by atoms with Crippen molar-refractivity contribution in [1.82, 2.24) is 4.98 Å². The monoisotopic (exact) mass is 275 g/mol. The number of halogens is 1. The second-order valence-corrected chi connectivity index (χ2v) is 4.08. The number of aromatic nitrogens is 1. The first-order chi connectivity index (χ1) is 9.70. The molecule has 0 unspecified atom stereocenters. The molecule has 1 aromatic carbocycles. The fourth-order valence-electron chi connectivity index (χ4n) is 1.66. The zero-order valence-electron chi connectivity index (χ0n) is 10.7. The van der Waals surface area contributed by atoms with Crippen LogP contribution in [-0.2, 0) is 6.42 Å². The Hall–Kier alpha value is -2.63. The summed E-state index contributed by atoms with van der Waals surface area (Å²) in [5, 5.41) is 11.3. The molecule has 0 aliphatic carbocycles. The number of hydrogen-bond donors (Lipinski definition) is 2. The molecular formula is C14H14FN3O2. The zero-order valence-corrected chi connectivity index (χ0v) is 10.7. The Morgan fingerprint density at radius 1 is 1.30 bits per heavy atom. The summed E-state index contributed by atoms with van der Waals surface area (Å²) < 4.78 is 19.1. The van der Waals surface area contributed by atoms with E-state index in [1.807, 2.05) is 12.1 Å². The fourth-order valence-corrected chi connectivity index (χ4v) is 1.66. The summed E-state index contributed by atoms with van der Waals surface area (Å²) in [5.74, 6) is -0.565. The number of ether oxygens (including phenoxy) is 1. The molecule has 0 saturated heterocycles. The van der Waals surface area contributed by atoms with Crippen molar-refractivity contribution in [1.29, 1.82) is 0 Å². The van der Waals surface area contributed by atoms with Gasteiger partial charge < -0.3 is 15.7 Å². The van der Waals surface area contributed by atoms with Gasteiger partial charge in [-0.25, -0.2) is 4.39 Å². The molecule has 1 aromatic heterocycles. The highest BCUT2D eigenvalue weighted by molar-refractivity contribution is 5.97. The van der Waals surface area contributed by atoms with Crippen LogP contribution in [0.4, 0.5) is 4.39 Å². The van der Waals surface area contributed by atoms with Crippen molar-refractivity contribution in [2.75, 3.05) is 6.61 Å². The van der Waals surface area contributed by atoms with Gasteiger partial charge >= 0.3 is 0 Å². The van der Waals surface area contributed by atoms with E-state index in [-0.39, 0.29) is 11.6 Å². The third kappa shape index (κ3) is 3.44. The largest absolute Gasteiger partial charge is 0.490 e. The van der Waals surface area contributed by atoms with E-state index in [0.29, 0.717) is 18.6 Å². The van der Waals surface area contributed by atoms with E-state index < -0.39 is 5.82 Å². The molecule has 0 atom stereocenters. The lowest BCUT2D eigenvalue weighted by atomic mass is 10.2. The van der Waals surface area contributed by atoms with Gasteiger partial charge in [-0.2, -0.15) is 0 Å². The van der Waals surface area contributed by atoms with Crippen molar-refractivity contribution in [3.05, 3.63) is 59.7 Å². The van der Waals surface area contributed by atoms with E-state index in [2.05, 4.69) is 10.1 Å². The lowest BCUT2D eigenvalue weighted by Gasteiger charge is -2.08. The molecule has 0 amide bonds. The highest BCUT2D eigenvalue weighted by Gasteiger charge is 2.07. The smallest absolute Gasteiger partial charge is 0.170 e. The van der Waals surface area contributed by atoms with Crippen molar-refractivity contribution >= 4 is 5.84 Å². The Morgan fingerprint density at radius 2 is 2.05 bits per heavy atom. The molecule has 0 radical (unpaired) electrons. The first kappa shape index (κ1) is 13.8. The summed E-state index contributed by atoms with van der Waals surface area (Å²) in [6.07, 6.45) is 4.05. The van der Waals surface area contributed by atoms with Crippen molar-refractivity contribution < 1.29 is 14.3 Å². The number of oxime groups is 1. The van der Waals surface area contributed by atoms with Crippen LogP contribution in [-0.4, -0.2) is 22.6 Å². The molecule has 6 heteroatoms. The molecule has 104 valence electrons. The maximum atomic E-state index is 13.7. The Morgan fingerprint density at radius 3 is 2.70 bits per heavy atom.